The average Bonchev–Trinajstić information content (AvgIpc) is 3.45. The molecule has 0 rings (SSSR count). The molecule has 1 unspecified atom stereocenters. The minimum Gasteiger partial charge on any atom is -0.467 e. The monoisotopic (exact) mass is 1140 g/mol. The average molecular weight is 1140 g/mol. The molecule has 0 fully saturated rings. The number of esters is 2. The van der Waals surface area contributed by atoms with E-state index >= 15 is 0 Å². The quantitative estimate of drug-likeness (QED) is 0.0352. The van der Waals surface area contributed by atoms with Crippen molar-refractivity contribution in [3.8, 4) is 0 Å². The predicted octanol–water partition coefficient (Wildman–Crippen LogP) is 21.3. The molecule has 0 aromatic heterocycles. The number of carbonyl (C=O) groups excluding carboxylic acids is 4. The molecule has 0 aromatic carbocycles. The summed E-state index contributed by atoms with van der Waals surface area (Å²) in [5.41, 5.74) is 0. The molecule has 0 aliphatic carbocycles. The molecule has 0 bridgehead atoms. The Morgan fingerprint density at radius 1 is 0.282 bits per heavy atom. The maximum absolute atomic E-state index is 14.1. The molecule has 78 heavy (non-hydrogen) atoms. The van der Waals surface area contributed by atoms with Crippen molar-refractivity contribution in [1.82, 2.24) is 10.6 Å². The van der Waals surface area contributed by atoms with Crippen LogP contribution in [0.4, 0.5) is 0 Å². The van der Waals surface area contributed by atoms with Crippen LogP contribution in [0.3, 0.4) is 0 Å². The fourth-order valence-corrected chi connectivity index (χ4v) is 13.5. The molecule has 462 valence electrons. The zero-order valence-electron chi connectivity index (χ0n) is 52.8. The normalized spacial score (nSPS) is 12.4. The van der Waals surface area contributed by atoms with Gasteiger partial charge in [0, 0.05) is 23.3 Å². The van der Waals surface area contributed by atoms with Gasteiger partial charge in [0.05, 0.1) is 14.2 Å². The van der Waals surface area contributed by atoms with E-state index in [4.69, 9.17) is 9.47 Å². The third-order valence-corrected chi connectivity index (χ3v) is 18.9. The van der Waals surface area contributed by atoms with Crippen LogP contribution < -0.4 is 10.6 Å². The predicted molar refractivity (Wildman–Crippen MR) is 343 cm³/mol. The largest absolute Gasteiger partial charge is 0.467 e. The molecule has 0 saturated heterocycles. The molecule has 8 nitrogen and oxygen atoms in total. The van der Waals surface area contributed by atoms with Crippen LogP contribution in [0.1, 0.15) is 362 Å². The Labute approximate surface area is 493 Å². The highest BCUT2D eigenvalue weighted by atomic mass is 33.1. The standard InChI is InChI=1S/C68H132N2O6S2/c1-7-11-15-19-23-27-31-35-39-43-47-51-55-61(56-52-48-44-40-36-32-28-24-20-16-12-8-2)65(71)69-63(67(73)75-5)59-77-78-60-64(68(74)76-6)70-66(72)62(57-53-49-45-41-37-33-29-25-21-17-13-9-3)58-54-50-46-42-38-34-30-26-22-18-14-10-4/h61-64H,7-60H2,1-6H3,(H,69,71)(H,70,72)/t63-,64?/m0/s1. The van der Waals surface area contributed by atoms with Crippen LogP contribution in [0.2, 0.25) is 0 Å². The zero-order valence-corrected chi connectivity index (χ0v) is 54.4. The number of hydrogen-bond acceptors (Lipinski definition) is 8. The van der Waals surface area contributed by atoms with Crippen LogP contribution in [0.5, 0.6) is 0 Å². The van der Waals surface area contributed by atoms with E-state index in [1.165, 1.54) is 293 Å². The number of unbranched alkanes of at least 4 members (excludes halogenated alkanes) is 44. The number of nitrogens with one attached hydrogen (secondary N) is 2. The summed E-state index contributed by atoms with van der Waals surface area (Å²) in [6.07, 6.45) is 65.1. The molecule has 0 aliphatic rings. The van der Waals surface area contributed by atoms with Gasteiger partial charge in [-0.05, 0) is 25.7 Å². The molecule has 0 heterocycles. The van der Waals surface area contributed by atoms with Crippen molar-refractivity contribution in [2.24, 2.45) is 11.8 Å². The molecule has 2 amide bonds. The Bertz CT molecular complexity index is 1150. The summed E-state index contributed by atoms with van der Waals surface area (Å²) in [6, 6.07) is -1.60. The topological polar surface area (TPSA) is 111 Å². The number of ether oxygens (including phenoxy) is 2. The smallest absolute Gasteiger partial charge is 0.329 e. The van der Waals surface area contributed by atoms with Crippen LogP contribution in [0.15, 0.2) is 0 Å². The second kappa shape index (κ2) is 61.6. The van der Waals surface area contributed by atoms with Gasteiger partial charge in [0.25, 0.3) is 0 Å². The molecule has 2 atom stereocenters. The summed E-state index contributed by atoms with van der Waals surface area (Å²) in [4.78, 5) is 54.5. The minimum atomic E-state index is -0.798. The Balaban J connectivity index is 5.41. The van der Waals surface area contributed by atoms with Crippen molar-refractivity contribution in [2.75, 3.05) is 25.7 Å². The van der Waals surface area contributed by atoms with E-state index in [0.29, 0.717) is 11.5 Å². The van der Waals surface area contributed by atoms with Crippen molar-refractivity contribution >= 4 is 45.3 Å². The molecular formula is C68H132N2O6S2. The molecule has 0 radical (unpaired) electrons. The maximum Gasteiger partial charge on any atom is 0.329 e. The van der Waals surface area contributed by atoms with Crippen LogP contribution in [-0.2, 0) is 28.7 Å². The molecule has 0 spiro atoms. The number of methoxy groups -OCH3 is 2. The first-order valence-electron chi connectivity index (χ1n) is 34.3. The SMILES string of the molecule is CCCCCCCCCCCCCCC(CCCCCCCCCCCCCC)C(=O)NC(CSSC[C@H](NC(=O)C(CCCCCCCCCCCCCC)CCCCCCCCCCCCCC)C(=O)OC)C(=O)OC. The van der Waals surface area contributed by atoms with Gasteiger partial charge in [-0.3, -0.25) is 9.59 Å². The highest BCUT2D eigenvalue weighted by Crippen LogP contribution is 2.27. The van der Waals surface area contributed by atoms with Gasteiger partial charge in [-0.25, -0.2) is 9.59 Å². The van der Waals surface area contributed by atoms with E-state index in [0.717, 1.165) is 77.0 Å². The lowest BCUT2D eigenvalue weighted by Crippen LogP contribution is -2.46. The first kappa shape index (κ1) is 76.6. The molecule has 0 aromatic rings. The Morgan fingerprint density at radius 3 is 0.615 bits per heavy atom. The molecule has 2 N–H and O–H groups in total. The van der Waals surface area contributed by atoms with Crippen molar-refractivity contribution in [3.05, 3.63) is 0 Å². The molecule has 10 heteroatoms. The Morgan fingerprint density at radius 2 is 0.449 bits per heavy atom. The van der Waals surface area contributed by atoms with Gasteiger partial charge >= 0.3 is 11.9 Å². The summed E-state index contributed by atoms with van der Waals surface area (Å²) in [7, 11) is 5.61. The van der Waals surface area contributed by atoms with Gasteiger partial charge in [0.15, 0.2) is 0 Å². The molecular weight excluding hydrogens is 1000 g/mol. The summed E-state index contributed by atoms with van der Waals surface area (Å²) in [6.45, 7) is 9.10. The highest BCUT2D eigenvalue weighted by Gasteiger charge is 2.29. The fourth-order valence-electron chi connectivity index (χ4n) is 11.2. The van der Waals surface area contributed by atoms with Crippen LogP contribution in [-0.4, -0.2) is 61.6 Å². The third kappa shape index (κ3) is 50.3. The zero-order chi connectivity index (χ0) is 57.0. The van der Waals surface area contributed by atoms with Crippen molar-refractivity contribution in [1.29, 1.82) is 0 Å². The lowest BCUT2D eigenvalue weighted by molar-refractivity contribution is -0.145. The number of hydrogen-bond donors (Lipinski definition) is 2. The third-order valence-electron chi connectivity index (χ3n) is 16.5. The van der Waals surface area contributed by atoms with Gasteiger partial charge < -0.3 is 20.1 Å². The Kier molecular flexibility index (Phi) is 60.5. The number of rotatable bonds is 63. The lowest BCUT2D eigenvalue weighted by Gasteiger charge is -2.22. The number of carbonyl (C=O) groups is 4. The first-order chi connectivity index (χ1) is 38.3. The van der Waals surface area contributed by atoms with E-state index in [2.05, 4.69) is 38.3 Å². The van der Waals surface area contributed by atoms with Crippen molar-refractivity contribution in [2.45, 2.75) is 374 Å². The Hall–Kier alpha value is -1.42. The fraction of sp³-hybridized carbons (Fsp3) is 0.941. The van der Waals surface area contributed by atoms with E-state index in [1.54, 1.807) is 0 Å². The van der Waals surface area contributed by atoms with Crippen molar-refractivity contribution < 1.29 is 28.7 Å². The van der Waals surface area contributed by atoms with Crippen molar-refractivity contribution in [3.63, 3.8) is 0 Å². The summed E-state index contributed by atoms with van der Waals surface area (Å²) >= 11 is 0. The highest BCUT2D eigenvalue weighted by molar-refractivity contribution is 8.76. The van der Waals surface area contributed by atoms with Gasteiger partial charge in [-0.15, -0.1) is 0 Å². The van der Waals surface area contributed by atoms with Gasteiger partial charge in [0.1, 0.15) is 12.1 Å². The van der Waals surface area contributed by atoms with E-state index in [1.807, 2.05) is 0 Å². The first-order valence-corrected chi connectivity index (χ1v) is 36.8. The van der Waals surface area contributed by atoms with Crippen LogP contribution in [0, 0.1) is 11.8 Å². The van der Waals surface area contributed by atoms with Gasteiger partial charge in [-0.2, -0.15) is 0 Å². The second-order valence-electron chi connectivity index (χ2n) is 23.8. The molecule has 0 saturated carbocycles. The van der Waals surface area contributed by atoms with Crippen LogP contribution in [0.25, 0.3) is 0 Å². The van der Waals surface area contributed by atoms with Gasteiger partial charge in [-0.1, -0.05) is 357 Å². The minimum absolute atomic E-state index is 0.0470. The lowest BCUT2D eigenvalue weighted by atomic mass is 9.93. The van der Waals surface area contributed by atoms with Crippen LogP contribution >= 0.6 is 21.6 Å². The number of amides is 2. The van der Waals surface area contributed by atoms with E-state index < -0.39 is 24.0 Å². The summed E-state index contributed by atoms with van der Waals surface area (Å²) < 4.78 is 10.4. The summed E-state index contributed by atoms with van der Waals surface area (Å²) in [5.74, 6) is -0.659. The second-order valence-corrected chi connectivity index (χ2v) is 26.4. The van der Waals surface area contributed by atoms with E-state index in [9.17, 15) is 19.2 Å². The van der Waals surface area contributed by atoms with Gasteiger partial charge in [0.2, 0.25) is 11.8 Å². The summed E-state index contributed by atoms with van der Waals surface area (Å²) in [5, 5.41) is 6.23. The maximum atomic E-state index is 14.1. The van der Waals surface area contributed by atoms with E-state index in [-0.39, 0.29) is 23.7 Å². The molecule has 0 aliphatic heterocycles.